The predicted octanol–water partition coefficient (Wildman–Crippen LogP) is 2.61. The minimum atomic E-state index is -1.04. The van der Waals surface area contributed by atoms with Gasteiger partial charge in [-0.15, -0.1) is 0 Å². The van der Waals surface area contributed by atoms with Gasteiger partial charge in [0.2, 0.25) is 5.91 Å². The Morgan fingerprint density at radius 3 is 2.52 bits per heavy atom. The molecular weight excluding hydrogens is 278 g/mol. The van der Waals surface area contributed by atoms with Gasteiger partial charge in [-0.05, 0) is 29.8 Å². The molecule has 4 nitrogen and oxygen atoms in total. The number of hydrogen-bond acceptors (Lipinski definition) is 3. The van der Waals surface area contributed by atoms with Crippen molar-refractivity contribution >= 4 is 11.6 Å². The van der Waals surface area contributed by atoms with Crippen LogP contribution in [0.1, 0.15) is 11.6 Å². The second kappa shape index (κ2) is 6.21. The molecule has 0 saturated carbocycles. The summed E-state index contributed by atoms with van der Waals surface area (Å²) in [5.74, 6) is -2.24. The van der Waals surface area contributed by atoms with E-state index in [9.17, 15) is 13.6 Å². The first-order valence-corrected chi connectivity index (χ1v) is 6.16. The number of primary amides is 1. The molecule has 1 unspecified atom stereocenters. The van der Waals surface area contributed by atoms with Crippen molar-refractivity contribution in [2.24, 2.45) is 5.73 Å². The molecule has 0 fully saturated rings. The Kier molecular flexibility index (Phi) is 4.37. The number of rotatable bonds is 5. The van der Waals surface area contributed by atoms with Gasteiger partial charge in [0.1, 0.15) is 11.8 Å². The number of amides is 1. The summed E-state index contributed by atoms with van der Waals surface area (Å²) >= 11 is 0. The van der Waals surface area contributed by atoms with E-state index in [-0.39, 0.29) is 5.56 Å². The molecule has 2 rings (SSSR count). The van der Waals surface area contributed by atoms with Crippen LogP contribution in [0.25, 0.3) is 0 Å². The zero-order valence-corrected chi connectivity index (χ0v) is 11.3. The molecule has 0 aliphatic carbocycles. The zero-order valence-electron chi connectivity index (χ0n) is 11.3. The number of nitrogens with one attached hydrogen (secondary N) is 1. The molecule has 0 aliphatic rings. The fourth-order valence-electron chi connectivity index (χ4n) is 1.93. The van der Waals surface area contributed by atoms with E-state index in [0.717, 1.165) is 12.1 Å². The van der Waals surface area contributed by atoms with Gasteiger partial charge in [-0.2, -0.15) is 0 Å². The Labute approximate surface area is 120 Å². The largest absolute Gasteiger partial charge is 0.495 e. The van der Waals surface area contributed by atoms with E-state index in [1.807, 2.05) is 0 Å². The van der Waals surface area contributed by atoms with Gasteiger partial charge < -0.3 is 15.8 Å². The normalized spacial score (nSPS) is 11.8. The minimum absolute atomic E-state index is 0.229. The summed E-state index contributed by atoms with van der Waals surface area (Å²) in [4.78, 5) is 11.6. The first-order valence-electron chi connectivity index (χ1n) is 6.16. The van der Waals surface area contributed by atoms with E-state index in [1.165, 1.54) is 13.2 Å². The summed E-state index contributed by atoms with van der Waals surface area (Å²) in [6, 6.07) is 9.08. The van der Waals surface area contributed by atoms with Crippen molar-refractivity contribution in [3.8, 4) is 5.75 Å². The van der Waals surface area contributed by atoms with Gasteiger partial charge in [0, 0.05) is 0 Å². The van der Waals surface area contributed by atoms with Crippen molar-refractivity contribution in [3.05, 3.63) is 59.7 Å². The van der Waals surface area contributed by atoms with Gasteiger partial charge >= 0.3 is 0 Å². The van der Waals surface area contributed by atoms with Crippen LogP contribution in [0, 0.1) is 11.6 Å². The first kappa shape index (κ1) is 14.8. The van der Waals surface area contributed by atoms with Crippen LogP contribution in [0.2, 0.25) is 0 Å². The van der Waals surface area contributed by atoms with Crippen LogP contribution in [0.15, 0.2) is 42.5 Å². The fraction of sp³-hybridized carbons (Fsp3) is 0.133. The van der Waals surface area contributed by atoms with E-state index in [1.54, 1.807) is 24.3 Å². The number of nitrogens with two attached hydrogens (primary N) is 1. The lowest BCUT2D eigenvalue weighted by atomic mass is 10.1. The molecule has 0 saturated heterocycles. The highest BCUT2D eigenvalue weighted by Crippen LogP contribution is 2.28. The average Bonchev–Trinajstić information content (AvgIpc) is 2.48. The Balaban J connectivity index is 2.35. The van der Waals surface area contributed by atoms with Crippen LogP contribution < -0.4 is 15.8 Å². The second-order valence-corrected chi connectivity index (χ2v) is 4.35. The van der Waals surface area contributed by atoms with Crippen LogP contribution in [-0.4, -0.2) is 13.0 Å². The molecule has 0 aromatic heterocycles. The lowest BCUT2D eigenvalue weighted by molar-refractivity contribution is -0.118. The molecule has 2 aromatic carbocycles. The molecule has 6 heteroatoms. The zero-order chi connectivity index (χ0) is 15.4. The SMILES string of the molecule is COc1ccccc1NC(C(N)=O)c1ccc(F)c(F)c1. The molecule has 0 radical (unpaired) electrons. The van der Waals surface area contributed by atoms with Gasteiger partial charge in [0.15, 0.2) is 11.6 Å². The van der Waals surface area contributed by atoms with Gasteiger partial charge in [-0.25, -0.2) is 8.78 Å². The van der Waals surface area contributed by atoms with Crippen molar-refractivity contribution in [2.45, 2.75) is 6.04 Å². The number of ether oxygens (including phenoxy) is 1. The van der Waals surface area contributed by atoms with Gasteiger partial charge in [0.25, 0.3) is 0 Å². The summed E-state index contributed by atoms with van der Waals surface area (Å²) < 4.78 is 31.4. The predicted molar refractivity (Wildman–Crippen MR) is 74.9 cm³/mol. The molecule has 0 bridgehead atoms. The first-order chi connectivity index (χ1) is 10.0. The highest BCUT2D eigenvalue weighted by Gasteiger charge is 2.20. The summed E-state index contributed by atoms with van der Waals surface area (Å²) in [5, 5.41) is 2.87. The molecule has 3 N–H and O–H groups in total. The van der Waals surface area contributed by atoms with E-state index in [4.69, 9.17) is 10.5 Å². The van der Waals surface area contributed by atoms with E-state index < -0.39 is 23.6 Å². The molecule has 2 aromatic rings. The van der Waals surface area contributed by atoms with Crippen molar-refractivity contribution < 1.29 is 18.3 Å². The number of methoxy groups -OCH3 is 1. The number of anilines is 1. The number of carbonyl (C=O) groups is 1. The molecule has 110 valence electrons. The second-order valence-electron chi connectivity index (χ2n) is 4.35. The monoisotopic (exact) mass is 292 g/mol. The summed E-state index contributed by atoms with van der Waals surface area (Å²) in [7, 11) is 1.48. The van der Waals surface area contributed by atoms with Gasteiger partial charge in [-0.3, -0.25) is 4.79 Å². The third kappa shape index (κ3) is 3.28. The van der Waals surface area contributed by atoms with Crippen LogP contribution in [-0.2, 0) is 4.79 Å². The van der Waals surface area contributed by atoms with Crippen LogP contribution in [0.4, 0.5) is 14.5 Å². The Morgan fingerprint density at radius 2 is 1.90 bits per heavy atom. The topological polar surface area (TPSA) is 64.3 Å². The number of halogens is 2. The van der Waals surface area contributed by atoms with Crippen LogP contribution >= 0.6 is 0 Å². The maximum absolute atomic E-state index is 13.3. The Bertz CT molecular complexity index is 662. The maximum Gasteiger partial charge on any atom is 0.244 e. The molecule has 1 amide bonds. The third-order valence-corrected chi connectivity index (χ3v) is 2.97. The van der Waals surface area contributed by atoms with Crippen molar-refractivity contribution in [1.82, 2.24) is 0 Å². The number of carbonyl (C=O) groups excluding carboxylic acids is 1. The average molecular weight is 292 g/mol. The van der Waals surface area contributed by atoms with Gasteiger partial charge in [0.05, 0.1) is 12.8 Å². The van der Waals surface area contributed by atoms with Crippen LogP contribution in [0.5, 0.6) is 5.75 Å². The summed E-state index contributed by atoms with van der Waals surface area (Å²) in [5.41, 5.74) is 6.09. The Morgan fingerprint density at radius 1 is 1.19 bits per heavy atom. The molecule has 21 heavy (non-hydrogen) atoms. The third-order valence-electron chi connectivity index (χ3n) is 2.97. The number of hydrogen-bond donors (Lipinski definition) is 2. The number of para-hydroxylation sites is 2. The van der Waals surface area contributed by atoms with E-state index in [0.29, 0.717) is 11.4 Å². The summed E-state index contributed by atoms with van der Waals surface area (Å²) in [6.45, 7) is 0. The smallest absolute Gasteiger partial charge is 0.244 e. The van der Waals surface area contributed by atoms with Crippen molar-refractivity contribution in [1.29, 1.82) is 0 Å². The quantitative estimate of drug-likeness (QED) is 0.890. The highest BCUT2D eigenvalue weighted by molar-refractivity contribution is 5.85. The molecule has 0 heterocycles. The molecular formula is C15H14F2N2O2. The van der Waals surface area contributed by atoms with Crippen LogP contribution in [0.3, 0.4) is 0 Å². The Hall–Kier alpha value is -2.63. The van der Waals surface area contributed by atoms with Crippen molar-refractivity contribution in [3.63, 3.8) is 0 Å². The highest BCUT2D eigenvalue weighted by atomic mass is 19.2. The van der Waals surface area contributed by atoms with E-state index in [2.05, 4.69) is 5.32 Å². The van der Waals surface area contributed by atoms with E-state index >= 15 is 0 Å². The lowest BCUT2D eigenvalue weighted by Gasteiger charge is -2.19. The standard InChI is InChI=1S/C15H14F2N2O2/c1-21-13-5-3-2-4-12(13)19-14(15(18)20)9-6-7-10(16)11(17)8-9/h2-8,14,19H,1H3,(H2,18,20). The maximum atomic E-state index is 13.3. The minimum Gasteiger partial charge on any atom is -0.495 e. The summed E-state index contributed by atoms with van der Waals surface area (Å²) in [6.07, 6.45) is 0. The van der Waals surface area contributed by atoms with Gasteiger partial charge in [-0.1, -0.05) is 18.2 Å². The molecule has 0 spiro atoms. The fourth-order valence-corrected chi connectivity index (χ4v) is 1.93. The lowest BCUT2D eigenvalue weighted by Crippen LogP contribution is -2.28. The molecule has 1 atom stereocenters. The molecule has 0 aliphatic heterocycles. The van der Waals surface area contributed by atoms with Crippen molar-refractivity contribution in [2.75, 3.05) is 12.4 Å². The number of benzene rings is 2.